The zero-order valence-electron chi connectivity index (χ0n) is 13.2. The van der Waals surface area contributed by atoms with Crippen molar-refractivity contribution in [2.45, 2.75) is 0 Å². The number of rotatable bonds is 0. The van der Waals surface area contributed by atoms with Crippen LogP contribution in [-0.4, -0.2) is 0 Å². The molecule has 0 N–H and O–H groups in total. The Balaban J connectivity index is 0. The summed E-state index contributed by atoms with van der Waals surface area (Å²) in [5.74, 6) is 0. The molecule has 0 atom stereocenters. The van der Waals surface area contributed by atoms with Gasteiger partial charge < -0.3 is 0 Å². The van der Waals surface area contributed by atoms with Gasteiger partial charge in [0.2, 0.25) is 0 Å². The summed E-state index contributed by atoms with van der Waals surface area (Å²) >= 11 is 0. The first kappa shape index (κ1) is 23.5. The Morgan fingerprint density at radius 1 is 0.391 bits per heavy atom. The van der Waals surface area contributed by atoms with E-state index < -0.39 is 0 Å². The molecule has 0 fully saturated rings. The van der Waals surface area contributed by atoms with Crippen LogP contribution in [0.15, 0.2) is 91.0 Å². The van der Waals surface area contributed by atoms with Crippen LogP contribution in [0, 0.1) is 20.8 Å². The van der Waals surface area contributed by atoms with E-state index in [2.05, 4.69) is 20.8 Å². The van der Waals surface area contributed by atoms with E-state index in [1.807, 2.05) is 91.0 Å². The Hall–Kier alpha value is -1.73. The van der Waals surface area contributed by atoms with Crippen molar-refractivity contribution in [3.63, 3.8) is 0 Å². The molecule has 3 rings (SSSR count). The van der Waals surface area contributed by atoms with Crippen LogP contribution >= 0.6 is 12.4 Å². The van der Waals surface area contributed by atoms with Gasteiger partial charge in [-0.3, -0.25) is 0 Å². The summed E-state index contributed by atoms with van der Waals surface area (Å²) in [7, 11) is 0. The average molecular weight is 358 g/mol. The van der Waals surface area contributed by atoms with E-state index in [4.69, 9.17) is 0 Å². The topological polar surface area (TPSA) is 0 Å². The predicted molar refractivity (Wildman–Crippen MR) is 100.0 cm³/mol. The first-order valence-electron chi connectivity index (χ1n) is 6.79. The monoisotopic (exact) mass is 357 g/mol. The zero-order valence-corrected chi connectivity index (χ0v) is 15.6. The van der Waals surface area contributed by atoms with Crippen LogP contribution in [0.3, 0.4) is 0 Å². The van der Waals surface area contributed by atoms with Crippen LogP contribution in [0.2, 0.25) is 0 Å². The van der Waals surface area contributed by atoms with Gasteiger partial charge in [-0.2, -0.15) is 73.9 Å². The Labute approximate surface area is 162 Å². The molecule has 117 valence electrons. The van der Waals surface area contributed by atoms with Gasteiger partial charge in [-0.05, 0) is 0 Å². The Kier molecular flexibility index (Phi) is 15.5. The molecular formula is C21H22ClTi. The minimum atomic E-state index is 0. The van der Waals surface area contributed by atoms with Crippen molar-refractivity contribution < 1.29 is 21.7 Å². The third-order valence-electron chi connectivity index (χ3n) is 2.53. The quantitative estimate of drug-likeness (QED) is 0.340. The van der Waals surface area contributed by atoms with Gasteiger partial charge >= 0.3 is 21.7 Å². The largest absolute Gasteiger partial charge is 3.00 e. The minimum Gasteiger partial charge on any atom is -0.199 e. The SMILES string of the molecule is Cl.[CH2-]c1ccccc1.[CH2-]c1ccccc1.[CH2-]c1ccccc1.[Ti+3]. The van der Waals surface area contributed by atoms with Gasteiger partial charge in [0.1, 0.15) is 0 Å². The minimum absolute atomic E-state index is 0. The smallest absolute Gasteiger partial charge is 0.199 e. The molecule has 2 heteroatoms. The van der Waals surface area contributed by atoms with Gasteiger partial charge in [-0.25, -0.2) is 0 Å². The fraction of sp³-hybridized carbons (Fsp3) is 0. The van der Waals surface area contributed by atoms with Gasteiger partial charge in [-0.1, -0.05) is 18.2 Å². The van der Waals surface area contributed by atoms with Gasteiger partial charge in [0.25, 0.3) is 0 Å². The molecule has 0 aliphatic carbocycles. The van der Waals surface area contributed by atoms with Crippen LogP contribution in [0.25, 0.3) is 0 Å². The molecule has 0 spiro atoms. The van der Waals surface area contributed by atoms with Crippen LogP contribution in [0.4, 0.5) is 0 Å². The van der Waals surface area contributed by atoms with E-state index in [1.54, 1.807) is 0 Å². The fourth-order valence-corrected chi connectivity index (χ4v) is 1.43. The normalized spacial score (nSPS) is 7.83. The Morgan fingerprint density at radius 3 is 0.652 bits per heavy atom. The van der Waals surface area contributed by atoms with Gasteiger partial charge in [0.15, 0.2) is 0 Å². The average Bonchev–Trinajstić information content (AvgIpc) is 2.51. The Morgan fingerprint density at radius 2 is 0.565 bits per heavy atom. The van der Waals surface area contributed by atoms with E-state index in [0.29, 0.717) is 0 Å². The van der Waals surface area contributed by atoms with Gasteiger partial charge in [0, 0.05) is 0 Å². The molecule has 0 nitrogen and oxygen atoms in total. The van der Waals surface area contributed by atoms with Crippen molar-refractivity contribution in [3.8, 4) is 0 Å². The maximum absolute atomic E-state index is 3.72. The summed E-state index contributed by atoms with van der Waals surface area (Å²) in [6.45, 7) is 11.2. The van der Waals surface area contributed by atoms with Crippen LogP contribution in [0.1, 0.15) is 16.7 Å². The third-order valence-corrected chi connectivity index (χ3v) is 2.53. The maximum Gasteiger partial charge on any atom is 3.00 e. The van der Waals surface area contributed by atoms with Crippen molar-refractivity contribution in [3.05, 3.63) is 128 Å². The molecule has 0 unspecified atom stereocenters. The molecule has 0 saturated heterocycles. The molecule has 0 aliphatic rings. The molecule has 0 heterocycles. The molecule has 3 aromatic carbocycles. The summed E-state index contributed by atoms with van der Waals surface area (Å²) in [4.78, 5) is 0. The zero-order chi connectivity index (χ0) is 15.3. The van der Waals surface area contributed by atoms with Gasteiger partial charge in [-0.15, -0.1) is 48.8 Å². The number of hydrogen-bond donors (Lipinski definition) is 0. The van der Waals surface area contributed by atoms with Crippen molar-refractivity contribution in [2.24, 2.45) is 0 Å². The summed E-state index contributed by atoms with van der Waals surface area (Å²) in [5, 5.41) is 0. The first-order valence-corrected chi connectivity index (χ1v) is 6.79. The molecule has 0 aromatic heterocycles. The second kappa shape index (κ2) is 15.2. The molecular weight excluding hydrogens is 336 g/mol. The maximum atomic E-state index is 3.72. The molecule has 1 radical (unpaired) electrons. The van der Waals surface area contributed by atoms with E-state index in [9.17, 15) is 0 Å². The standard InChI is InChI=1S/3C7H7.ClH.Ti/c3*1-7-5-3-2-4-6-7;;/h3*2-6H,1H2;1H;/q3*-1;;+3. The number of benzene rings is 3. The predicted octanol–water partition coefficient (Wildman–Crippen LogP) is 6.03. The molecule has 3 aromatic rings. The molecule has 0 amide bonds. The molecule has 0 bridgehead atoms. The fourth-order valence-electron chi connectivity index (χ4n) is 1.43. The summed E-state index contributed by atoms with van der Waals surface area (Å²) in [6.07, 6.45) is 0. The molecule has 23 heavy (non-hydrogen) atoms. The second-order valence-corrected chi connectivity index (χ2v) is 4.46. The third kappa shape index (κ3) is 13.6. The van der Waals surface area contributed by atoms with Crippen molar-refractivity contribution in [1.29, 1.82) is 0 Å². The van der Waals surface area contributed by atoms with E-state index in [1.165, 1.54) is 0 Å². The second-order valence-electron chi connectivity index (χ2n) is 4.46. The van der Waals surface area contributed by atoms with E-state index in [-0.39, 0.29) is 34.1 Å². The number of hydrogen-bond acceptors (Lipinski definition) is 0. The number of halogens is 1. The summed E-state index contributed by atoms with van der Waals surface area (Å²) < 4.78 is 0. The summed E-state index contributed by atoms with van der Waals surface area (Å²) in [5.41, 5.74) is 3.22. The van der Waals surface area contributed by atoms with Crippen molar-refractivity contribution in [1.82, 2.24) is 0 Å². The van der Waals surface area contributed by atoms with Crippen LogP contribution in [-0.2, 0) is 21.7 Å². The molecule has 0 saturated carbocycles. The first-order chi connectivity index (χ1) is 10.2. The van der Waals surface area contributed by atoms with Crippen molar-refractivity contribution in [2.75, 3.05) is 0 Å². The Bertz CT molecular complexity index is 491. The van der Waals surface area contributed by atoms with E-state index >= 15 is 0 Å². The molecule has 0 aliphatic heterocycles. The summed E-state index contributed by atoms with van der Waals surface area (Å²) in [6, 6.07) is 29.6. The van der Waals surface area contributed by atoms with Gasteiger partial charge in [0.05, 0.1) is 0 Å². The van der Waals surface area contributed by atoms with E-state index in [0.717, 1.165) is 16.7 Å². The van der Waals surface area contributed by atoms with Crippen molar-refractivity contribution >= 4 is 12.4 Å². The van der Waals surface area contributed by atoms with Crippen LogP contribution < -0.4 is 0 Å². The van der Waals surface area contributed by atoms with Crippen LogP contribution in [0.5, 0.6) is 0 Å².